The molecule has 1 atom stereocenters. The molecule has 112 valence electrons. The third kappa shape index (κ3) is 3.36. The van der Waals surface area contributed by atoms with Gasteiger partial charge >= 0.3 is 16.9 Å². The summed E-state index contributed by atoms with van der Waals surface area (Å²) in [7, 11) is 1.39. The first-order valence-electron chi connectivity index (χ1n) is 6.10. The summed E-state index contributed by atoms with van der Waals surface area (Å²) in [6.45, 7) is 6.12. The lowest BCUT2D eigenvalue weighted by Crippen LogP contribution is -2.43. The highest BCUT2D eigenvalue weighted by molar-refractivity contribution is 9.09. The average Bonchev–Trinajstić information content (AvgIpc) is 2.32. The van der Waals surface area contributed by atoms with Gasteiger partial charge in [-0.1, -0.05) is 36.7 Å². The lowest BCUT2D eigenvalue weighted by Gasteiger charge is -2.29. The SMILES string of the molecule is Cn1cc([N+](=O)[O-])c(=O)n(CC(CBr)C(C)(C)C)c1=O. The monoisotopic (exact) mass is 347 g/mol. The zero-order chi connectivity index (χ0) is 15.7. The highest BCUT2D eigenvalue weighted by atomic mass is 79.9. The van der Waals surface area contributed by atoms with Crippen LogP contribution in [-0.2, 0) is 13.6 Å². The van der Waals surface area contributed by atoms with Gasteiger partial charge in [-0.2, -0.15) is 0 Å². The molecule has 0 aliphatic carbocycles. The molecule has 1 rings (SSSR count). The Bertz CT molecular complexity index is 627. The Morgan fingerprint density at radius 1 is 1.40 bits per heavy atom. The van der Waals surface area contributed by atoms with Gasteiger partial charge in [-0.05, 0) is 11.3 Å². The first kappa shape index (κ1) is 16.6. The molecule has 0 radical (unpaired) electrons. The van der Waals surface area contributed by atoms with Crippen molar-refractivity contribution >= 4 is 21.6 Å². The predicted molar refractivity (Wildman–Crippen MR) is 79.3 cm³/mol. The number of hydrogen-bond acceptors (Lipinski definition) is 4. The van der Waals surface area contributed by atoms with Crippen molar-refractivity contribution in [1.82, 2.24) is 9.13 Å². The molecule has 0 N–H and O–H groups in total. The first-order chi connectivity index (χ1) is 9.09. The number of aromatic nitrogens is 2. The summed E-state index contributed by atoms with van der Waals surface area (Å²) in [5.74, 6) is -0.00472. The zero-order valence-electron chi connectivity index (χ0n) is 11.9. The van der Waals surface area contributed by atoms with E-state index in [-0.39, 0.29) is 17.9 Å². The molecular weight excluding hydrogens is 330 g/mol. The normalized spacial score (nSPS) is 13.2. The van der Waals surface area contributed by atoms with Crippen LogP contribution in [0, 0.1) is 21.4 Å². The van der Waals surface area contributed by atoms with Gasteiger partial charge < -0.3 is 0 Å². The maximum atomic E-state index is 12.1. The number of aryl methyl sites for hydroxylation is 1. The van der Waals surface area contributed by atoms with E-state index in [9.17, 15) is 19.7 Å². The van der Waals surface area contributed by atoms with Crippen LogP contribution in [0.3, 0.4) is 0 Å². The standard InChI is InChI=1S/C12H18BrN3O4/c1-12(2,3)8(5-13)6-15-10(17)9(16(19)20)7-14(4)11(15)18/h7-8H,5-6H2,1-4H3. The van der Waals surface area contributed by atoms with E-state index in [0.717, 1.165) is 15.3 Å². The molecule has 0 aromatic carbocycles. The van der Waals surface area contributed by atoms with Crippen molar-refractivity contribution in [2.75, 3.05) is 5.33 Å². The minimum atomic E-state index is -0.853. The Morgan fingerprint density at radius 2 is 1.95 bits per heavy atom. The second-order valence-corrected chi connectivity index (χ2v) is 6.45. The van der Waals surface area contributed by atoms with Crippen molar-refractivity contribution in [3.63, 3.8) is 0 Å². The van der Waals surface area contributed by atoms with Crippen LogP contribution in [0.15, 0.2) is 15.8 Å². The van der Waals surface area contributed by atoms with Gasteiger partial charge in [0, 0.05) is 18.9 Å². The van der Waals surface area contributed by atoms with Gasteiger partial charge in [-0.25, -0.2) is 4.79 Å². The number of alkyl halides is 1. The highest BCUT2D eigenvalue weighted by Gasteiger charge is 2.27. The molecule has 0 amide bonds. The summed E-state index contributed by atoms with van der Waals surface area (Å²) >= 11 is 3.37. The summed E-state index contributed by atoms with van der Waals surface area (Å²) in [4.78, 5) is 34.2. The molecule has 7 nitrogen and oxygen atoms in total. The van der Waals surface area contributed by atoms with Gasteiger partial charge in [-0.15, -0.1) is 0 Å². The molecule has 1 heterocycles. The molecule has 0 saturated carbocycles. The van der Waals surface area contributed by atoms with E-state index in [2.05, 4.69) is 15.9 Å². The van der Waals surface area contributed by atoms with Gasteiger partial charge in [0.15, 0.2) is 0 Å². The van der Waals surface area contributed by atoms with Crippen molar-refractivity contribution < 1.29 is 4.92 Å². The Kier molecular flexibility index (Phi) is 4.90. The van der Waals surface area contributed by atoms with Crippen molar-refractivity contribution in [3.8, 4) is 0 Å². The quantitative estimate of drug-likeness (QED) is 0.469. The number of halogens is 1. The van der Waals surface area contributed by atoms with Crippen LogP contribution in [0.25, 0.3) is 0 Å². The molecule has 8 heteroatoms. The Morgan fingerprint density at radius 3 is 2.35 bits per heavy atom. The van der Waals surface area contributed by atoms with Crippen LogP contribution in [0.2, 0.25) is 0 Å². The Hall–Kier alpha value is -1.44. The van der Waals surface area contributed by atoms with E-state index in [1.165, 1.54) is 7.05 Å². The third-order valence-electron chi connectivity index (χ3n) is 3.32. The molecule has 20 heavy (non-hydrogen) atoms. The average molecular weight is 348 g/mol. The fraction of sp³-hybridized carbons (Fsp3) is 0.667. The molecule has 0 spiro atoms. The minimum Gasteiger partial charge on any atom is -0.297 e. The van der Waals surface area contributed by atoms with Crippen LogP contribution in [0.1, 0.15) is 20.8 Å². The van der Waals surface area contributed by atoms with Crippen molar-refractivity contribution in [2.24, 2.45) is 18.4 Å². The molecule has 1 aromatic rings. The summed E-state index contributed by atoms with van der Waals surface area (Å²) in [6, 6.07) is 0. The Balaban J connectivity index is 3.42. The molecule has 0 fully saturated rings. The molecule has 1 aromatic heterocycles. The lowest BCUT2D eigenvalue weighted by molar-refractivity contribution is -0.387. The molecule has 0 aliphatic rings. The van der Waals surface area contributed by atoms with Crippen LogP contribution in [0.4, 0.5) is 5.69 Å². The summed E-state index contributed by atoms with van der Waals surface area (Å²) in [5.41, 5.74) is -2.13. The Labute approximate surface area is 124 Å². The van der Waals surface area contributed by atoms with Crippen LogP contribution >= 0.6 is 15.9 Å². The molecular formula is C12H18BrN3O4. The minimum absolute atomic E-state index is 0.00472. The smallest absolute Gasteiger partial charge is 0.297 e. The summed E-state index contributed by atoms with van der Waals surface area (Å²) in [5, 5.41) is 11.4. The van der Waals surface area contributed by atoms with Crippen LogP contribution in [0.5, 0.6) is 0 Å². The van der Waals surface area contributed by atoms with Crippen molar-refractivity contribution in [1.29, 1.82) is 0 Å². The lowest BCUT2D eigenvalue weighted by atomic mass is 9.82. The number of nitrogens with zero attached hydrogens (tertiary/aromatic N) is 3. The van der Waals surface area contributed by atoms with E-state index in [0.29, 0.717) is 5.33 Å². The summed E-state index contributed by atoms with van der Waals surface area (Å²) in [6.07, 6.45) is 0.960. The fourth-order valence-electron chi connectivity index (χ4n) is 1.77. The maximum absolute atomic E-state index is 12.1. The van der Waals surface area contributed by atoms with E-state index >= 15 is 0 Å². The molecule has 0 bridgehead atoms. The van der Waals surface area contributed by atoms with Gasteiger partial charge in [0.05, 0.1) is 11.1 Å². The number of nitro groups is 1. The van der Waals surface area contributed by atoms with E-state index < -0.39 is 21.9 Å². The van der Waals surface area contributed by atoms with E-state index in [4.69, 9.17) is 0 Å². The summed E-state index contributed by atoms with van der Waals surface area (Å²) < 4.78 is 2.00. The number of rotatable bonds is 4. The van der Waals surface area contributed by atoms with Crippen molar-refractivity contribution in [2.45, 2.75) is 27.3 Å². The topological polar surface area (TPSA) is 87.1 Å². The molecule has 0 saturated heterocycles. The maximum Gasteiger partial charge on any atom is 0.350 e. The first-order valence-corrected chi connectivity index (χ1v) is 7.22. The van der Waals surface area contributed by atoms with Gasteiger partial charge in [0.2, 0.25) is 0 Å². The second-order valence-electron chi connectivity index (χ2n) is 5.80. The van der Waals surface area contributed by atoms with Crippen LogP contribution in [-0.4, -0.2) is 19.4 Å². The molecule has 1 unspecified atom stereocenters. The van der Waals surface area contributed by atoms with E-state index in [1.54, 1.807) is 0 Å². The highest BCUT2D eigenvalue weighted by Crippen LogP contribution is 2.28. The zero-order valence-corrected chi connectivity index (χ0v) is 13.5. The fourth-order valence-corrected chi connectivity index (χ4v) is 2.95. The second kappa shape index (κ2) is 5.90. The third-order valence-corrected chi connectivity index (χ3v) is 4.11. The van der Waals surface area contributed by atoms with Gasteiger partial charge in [0.25, 0.3) is 0 Å². The predicted octanol–water partition coefficient (Wildman–Crippen LogP) is 1.51. The van der Waals surface area contributed by atoms with Gasteiger partial charge in [-0.3, -0.25) is 24.0 Å². The largest absolute Gasteiger partial charge is 0.350 e. The molecule has 0 aliphatic heterocycles. The van der Waals surface area contributed by atoms with Crippen LogP contribution < -0.4 is 11.2 Å². The van der Waals surface area contributed by atoms with E-state index in [1.807, 2.05) is 20.8 Å². The van der Waals surface area contributed by atoms with Crippen molar-refractivity contribution in [3.05, 3.63) is 37.1 Å². The number of hydrogen-bond donors (Lipinski definition) is 0. The van der Waals surface area contributed by atoms with Gasteiger partial charge in [0.1, 0.15) is 0 Å².